The Morgan fingerprint density at radius 1 is 0.172 bits per heavy atom. The van der Waals surface area contributed by atoms with Crippen LogP contribution in [0.1, 0.15) is 0 Å². The van der Waals surface area contributed by atoms with Crippen molar-refractivity contribution in [3.8, 4) is 89.8 Å². The Morgan fingerprint density at radius 2 is 0.431 bits per heavy atom. The van der Waals surface area contributed by atoms with Crippen molar-refractivity contribution in [3.63, 3.8) is 0 Å². The van der Waals surface area contributed by atoms with Crippen molar-refractivity contribution >= 4 is 10.8 Å². The van der Waals surface area contributed by atoms with Gasteiger partial charge in [0.15, 0.2) is 17.5 Å². The van der Waals surface area contributed by atoms with Crippen LogP contribution in [0.25, 0.3) is 101 Å². The van der Waals surface area contributed by atoms with Crippen LogP contribution in [0.15, 0.2) is 224 Å². The molecular formula is C55H37N3. The average Bonchev–Trinajstić information content (AvgIpc) is 3.32. The van der Waals surface area contributed by atoms with E-state index in [1.165, 1.54) is 55.3 Å². The molecule has 10 rings (SSSR count). The normalized spacial score (nSPS) is 11.1. The molecule has 0 saturated heterocycles. The molecule has 0 N–H and O–H groups in total. The molecule has 58 heavy (non-hydrogen) atoms. The van der Waals surface area contributed by atoms with Crippen molar-refractivity contribution in [1.29, 1.82) is 0 Å². The molecular weight excluding hydrogens is 703 g/mol. The molecule has 3 heteroatoms. The van der Waals surface area contributed by atoms with Gasteiger partial charge in [0.2, 0.25) is 0 Å². The molecule has 0 radical (unpaired) electrons. The summed E-state index contributed by atoms with van der Waals surface area (Å²) in [6.45, 7) is 0. The third kappa shape index (κ3) is 7.21. The summed E-state index contributed by atoms with van der Waals surface area (Å²) >= 11 is 0. The van der Waals surface area contributed by atoms with Gasteiger partial charge in [0, 0.05) is 16.7 Å². The molecule has 9 aromatic carbocycles. The summed E-state index contributed by atoms with van der Waals surface area (Å²) < 4.78 is 0. The topological polar surface area (TPSA) is 38.7 Å². The minimum atomic E-state index is 0.647. The molecule has 0 saturated carbocycles. The first-order valence-electron chi connectivity index (χ1n) is 19.6. The molecule has 272 valence electrons. The largest absolute Gasteiger partial charge is 0.208 e. The Labute approximate surface area is 338 Å². The van der Waals surface area contributed by atoms with E-state index in [-0.39, 0.29) is 0 Å². The summed E-state index contributed by atoms with van der Waals surface area (Å²) in [5, 5.41) is 2.41. The highest BCUT2D eigenvalue weighted by Gasteiger charge is 2.13. The Morgan fingerprint density at radius 3 is 0.793 bits per heavy atom. The van der Waals surface area contributed by atoms with Crippen LogP contribution in [0.2, 0.25) is 0 Å². The van der Waals surface area contributed by atoms with E-state index in [4.69, 9.17) is 15.0 Å². The van der Waals surface area contributed by atoms with Crippen LogP contribution in [0, 0.1) is 0 Å². The lowest BCUT2D eigenvalue weighted by atomic mass is 9.92. The number of hydrogen-bond acceptors (Lipinski definition) is 3. The zero-order valence-corrected chi connectivity index (χ0v) is 31.7. The van der Waals surface area contributed by atoms with Crippen molar-refractivity contribution < 1.29 is 0 Å². The highest BCUT2D eigenvalue weighted by molar-refractivity contribution is 5.91. The summed E-state index contributed by atoms with van der Waals surface area (Å²) in [6, 6.07) is 79.2. The molecule has 3 nitrogen and oxygen atoms in total. The van der Waals surface area contributed by atoms with Gasteiger partial charge in [-0.15, -0.1) is 0 Å². The summed E-state index contributed by atoms with van der Waals surface area (Å²) in [5.74, 6) is 1.96. The fourth-order valence-electron chi connectivity index (χ4n) is 7.60. The quantitative estimate of drug-likeness (QED) is 0.156. The molecule has 0 spiro atoms. The predicted molar refractivity (Wildman–Crippen MR) is 241 cm³/mol. The average molecular weight is 740 g/mol. The van der Waals surface area contributed by atoms with Gasteiger partial charge in [-0.05, 0) is 96.7 Å². The van der Waals surface area contributed by atoms with Crippen molar-refractivity contribution in [1.82, 2.24) is 15.0 Å². The molecule has 0 fully saturated rings. The maximum atomic E-state index is 4.91. The Balaban J connectivity index is 0.941. The molecule has 0 aliphatic rings. The van der Waals surface area contributed by atoms with Crippen LogP contribution in [0.3, 0.4) is 0 Å². The second-order valence-electron chi connectivity index (χ2n) is 14.5. The number of nitrogens with zero attached hydrogens (tertiary/aromatic N) is 3. The van der Waals surface area contributed by atoms with Crippen LogP contribution in [-0.4, -0.2) is 15.0 Å². The molecule has 1 heterocycles. The molecule has 0 bridgehead atoms. The van der Waals surface area contributed by atoms with E-state index in [2.05, 4.69) is 164 Å². The molecule has 0 aliphatic carbocycles. The second kappa shape index (κ2) is 15.4. The van der Waals surface area contributed by atoms with Gasteiger partial charge in [0.1, 0.15) is 0 Å². The van der Waals surface area contributed by atoms with Crippen LogP contribution in [0.5, 0.6) is 0 Å². The van der Waals surface area contributed by atoms with Crippen molar-refractivity contribution in [2.75, 3.05) is 0 Å². The van der Waals surface area contributed by atoms with Gasteiger partial charge in [0.05, 0.1) is 0 Å². The van der Waals surface area contributed by atoms with E-state index >= 15 is 0 Å². The standard InChI is InChI=1S/C55H37N3/c1-5-13-38(14-6-1)50-35-51(39-15-7-2-8-16-39)37-52(36-50)42-23-21-40(22-24-42)47-31-27-43-28-32-48(34-49(43)33-47)41-25-29-46(30-26-41)55-57-53(44-17-9-3-10-18-44)56-54(58-55)45-19-11-4-12-20-45/h1-37H. The van der Waals surface area contributed by atoms with E-state index in [1.54, 1.807) is 0 Å². The van der Waals surface area contributed by atoms with Gasteiger partial charge in [-0.2, -0.15) is 0 Å². The van der Waals surface area contributed by atoms with Gasteiger partial charge in [0.25, 0.3) is 0 Å². The lowest BCUT2D eigenvalue weighted by Gasteiger charge is -2.12. The lowest BCUT2D eigenvalue weighted by Crippen LogP contribution is -2.00. The maximum absolute atomic E-state index is 4.91. The van der Waals surface area contributed by atoms with Crippen LogP contribution in [-0.2, 0) is 0 Å². The molecule has 1 aromatic heterocycles. The van der Waals surface area contributed by atoms with E-state index in [0.29, 0.717) is 17.5 Å². The third-order valence-corrected chi connectivity index (χ3v) is 10.7. The number of fused-ring (bicyclic) bond motifs is 1. The maximum Gasteiger partial charge on any atom is 0.164 e. The Hall–Kier alpha value is -7.75. The number of hydrogen-bond donors (Lipinski definition) is 0. The smallest absolute Gasteiger partial charge is 0.164 e. The van der Waals surface area contributed by atoms with Crippen LogP contribution < -0.4 is 0 Å². The second-order valence-corrected chi connectivity index (χ2v) is 14.5. The number of rotatable bonds is 8. The van der Waals surface area contributed by atoms with E-state index < -0.39 is 0 Å². The summed E-state index contributed by atoms with van der Waals surface area (Å²) in [4.78, 5) is 14.7. The first-order chi connectivity index (χ1) is 28.7. The molecule has 10 aromatic rings. The SMILES string of the molecule is c1ccc(-c2cc(-c3ccccc3)cc(-c3ccc(-c4ccc5ccc(-c6ccc(-c7nc(-c8ccccc8)nc(-c8ccccc8)n7)cc6)cc5c4)cc3)c2)cc1. The Bertz CT molecular complexity index is 2680. The van der Waals surface area contributed by atoms with Crippen molar-refractivity contribution in [2.45, 2.75) is 0 Å². The van der Waals surface area contributed by atoms with Crippen LogP contribution in [0.4, 0.5) is 0 Å². The predicted octanol–water partition coefficient (Wildman–Crippen LogP) is 14.4. The minimum absolute atomic E-state index is 0.647. The van der Waals surface area contributed by atoms with Crippen LogP contribution >= 0.6 is 0 Å². The summed E-state index contributed by atoms with van der Waals surface area (Å²) in [6.07, 6.45) is 0. The molecule has 0 atom stereocenters. The first-order valence-corrected chi connectivity index (χ1v) is 19.6. The summed E-state index contributed by atoms with van der Waals surface area (Å²) in [7, 11) is 0. The molecule has 0 unspecified atom stereocenters. The zero-order chi connectivity index (χ0) is 38.7. The van der Waals surface area contributed by atoms with Gasteiger partial charge < -0.3 is 0 Å². The van der Waals surface area contributed by atoms with Crippen molar-refractivity contribution in [3.05, 3.63) is 224 Å². The fourth-order valence-corrected chi connectivity index (χ4v) is 7.60. The van der Waals surface area contributed by atoms with Gasteiger partial charge in [-0.3, -0.25) is 0 Å². The van der Waals surface area contributed by atoms with Gasteiger partial charge in [-0.1, -0.05) is 194 Å². The minimum Gasteiger partial charge on any atom is -0.208 e. The molecule has 0 amide bonds. The Kier molecular flexibility index (Phi) is 9.23. The molecule has 0 aliphatic heterocycles. The highest BCUT2D eigenvalue weighted by Crippen LogP contribution is 2.35. The number of benzene rings is 9. The zero-order valence-electron chi connectivity index (χ0n) is 31.7. The van der Waals surface area contributed by atoms with E-state index in [1.807, 2.05) is 60.7 Å². The number of aromatic nitrogens is 3. The first kappa shape index (κ1) is 34.7. The lowest BCUT2D eigenvalue weighted by molar-refractivity contribution is 1.07. The monoisotopic (exact) mass is 739 g/mol. The fraction of sp³-hybridized carbons (Fsp3) is 0. The summed E-state index contributed by atoms with van der Waals surface area (Å²) in [5.41, 5.74) is 14.7. The third-order valence-electron chi connectivity index (χ3n) is 10.7. The van der Waals surface area contributed by atoms with Crippen molar-refractivity contribution in [2.24, 2.45) is 0 Å². The van der Waals surface area contributed by atoms with Gasteiger partial charge >= 0.3 is 0 Å². The highest BCUT2D eigenvalue weighted by atomic mass is 15.0. The van der Waals surface area contributed by atoms with E-state index in [0.717, 1.165) is 27.8 Å². The van der Waals surface area contributed by atoms with E-state index in [9.17, 15) is 0 Å². The van der Waals surface area contributed by atoms with Gasteiger partial charge in [-0.25, -0.2) is 15.0 Å².